The Hall–Kier alpha value is -1.11. The minimum absolute atomic E-state index is 0.0158. The van der Waals surface area contributed by atoms with Gasteiger partial charge in [-0.3, -0.25) is 4.79 Å². The molecule has 0 saturated carbocycles. The van der Waals surface area contributed by atoms with Gasteiger partial charge in [0.2, 0.25) is 0 Å². The number of aliphatic hydroxyl groups excluding tert-OH is 1. The van der Waals surface area contributed by atoms with Gasteiger partial charge in [-0.25, -0.2) is 0 Å². The molecule has 3 N–H and O–H groups in total. The SMILES string of the molecule is COCC(O)CCNC(=O)c1ccc(Br)c(O)c1. The van der Waals surface area contributed by atoms with Crippen LogP contribution in [0.25, 0.3) is 0 Å². The van der Waals surface area contributed by atoms with E-state index in [4.69, 9.17) is 4.74 Å². The number of carbonyl (C=O) groups excluding carboxylic acids is 1. The van der Waals surface area contributed by atoms with Crippen LogP contribution in [0.5, 0.6) is 5.75 Å². The maximum Gasteiger partial charge on any atom is 0.251 e. The van der Waals surface area contributed by atoms with Crippen molar-refractivity contribution in [2.75, 3.05) is 20.3 Å². The second-order valence-corrected chi connectivity index (χ2v) is 4.67. The van der Waals surface area contributed by atoms with E-state index in [9.17, 15) is 15.0 Å². The van der Waals surface area contributed by atoms with E-state index in [1.165, 1.54) is 13.2 Å². The molecule has 1 aromatic carbocycles. The quantitative estimate of drug-likeness (QED) is 0.738. The van der Waals surface area contributed by atoms with Crippen molar-refractivity contribution in [3.05, 3.63) is 28.2 Å². The molecule has 1 aromatic rings. The van der Waals surface area contributed by atoms with Crippen molar-refractivity contribution in [3.8, 4) is 5.75 Å². The van der Waals surface area contributed by atoms with Crippen molar-refractivity contribution in [1.29, 1.82) is 0 Å². The number of carbonyl (C=O) groups is 1. The van der Waals surface area contributed by atoms with E-state index in [1.54, 1.807) is 12.1 Å². The first-order chi connectivity index (χ1) is 8.54. The molecule has 1 atom stereocenters. The van der Waals surface area contributed by atoms with E-state index >= 15 is 0 Å². The first-order valence-electron chi connectivity index (χ1n) is 5.48. The summed E-state index contributed by atoms with van der Waals surface area (Å²) in [6.45, 7) is 0.592. The number of hydrogen-bond acceptors (Lipinski definition) is 4. The Bertz CT molecular complexity index is 411. The van der Waals surface area contributed by atoms with Crippen LogP contribution < -0.4 is 5.32 Å². The zero-order chi connectivity index (χ0) is 13.5. The lowest BCUT2D eigenvalue weighted by Crippen LogP contribution is -2.28. The van der Waals surface area contributed by atoms with Gasteiger partial charge in [0, 0.05) is 19.2 Å². The Morgan fingerprint density at radius 2 is 2.28 bits per heavy atom. The van der Waals surface area contributed by atoms with E-state index < -0.39 is 6.10 Å². The predicted molar refractivity (Wildman–Crippen MR) is 70.6 cm³/mol. The van der Waals surface area contributed by atoms with Gasteiger partial charge >= 0.3 is 0 Å². The number of aromatic hydroxyl groups is 1. The average molecular weight is 318 g/mol. The van der Waals surface area contributed by atoms with Gasteiger partial charge in [-0.1, -0.05) is 0 Å². The molecule has 1 amide bonds. The van der Waals surface area contributed by atoms with E-state index in [0.29, 0.717) is 23.0 Å². The zero-order valence-electron chi connectivity index (χ0n) is 10.0. The number of ether oxygens (including phenoxy) is 1. The molecule has 0 saturated heterocycles. The molecular weight excluding hydrogens is 302 g/mol. The fraction of sp³-hybridized carbons (Fsp3) is 0.417. The normalized spacial score (nSPS) is 12.2. The van der Waals surface area contributed by atoms with Crippen LogP contribution in [0.2, 0.25) is 0 Å². The first kappa shape index (κ1) is 14.9. The van der Waals surface area contributed by atoms with Gasteiger partial charge in [0.25, 0.3) is 5.91 Å². The molecule has 0 spiro atoms. The average Bonchev–Trinajstić information content (AvgIpc) is 2.33. The molecule has 18 heavy (non-hydrogen) atoms. The number of methoxy groups -OCH3 is 1. The van der Waals surface area contributed by atoms with Crippen LogP contribution in [-0.2, 0) is 4.74 Å². The first-order valence-corrected chi connectivity index (χ1v) is 6.27. The van der Waals surface area contributed by atoms with Gasteiger partial charge in [-0.05, 0) is 40.5 Å². The molecule has 1 unspecified atom stereocenters. The van der Waals surface area contributed by atoms with Gasteiger partial charge in [0.1, 0.15) is 5.75 Å². The highest BCUT2D eigenvalue weighted by Gasteiger charge is 2.09. The van der Waals surface area contributed by atoms with E-state index in [0.717, 1.165) is 0 Å². The van der Waals surface area contributed by atoms with E-state index in [2.05, 4.69) is 21.2 Å². The van der Waals surface area contributed by atoms with Crippen molar-refractivity contribution >= 4 is 21.8 Å². The molecule has 0 fully saturated rings. The Balaban J connectivity index is 2.43. The smallest absolute Gasteiger partial charge is 0.251 e. The van der Waals surface area contributed by atoms with Gasteiger partial charge in [-0.2, -0.15) is 0 Å². The third-order valence-electron chi connectivity index (χ3n) is 2.33. The molecule has 6 heteroatoms. The number of phenols is 1. The van der Waals surface area contributed by atoms with Gasteiger partial charge < -0.3 is 20.3 Å². The highest BCUT2D eigenvalue weighted by atomic mass is 79.9. The van der Waals surface area contributed by atoms with Crippen molar-refractivity contribution in [3.63, 3.8) is 0 Å². The third-order valence-corrected chi connectivity index (χ3v) is 3.00. The largest absolute Gasteiger partial charge is 0.507 e. The lowest BCUT2D eigenvalue weighted by Gasteiger charge is -2.10. The lowest BCUT2D eigenvalue weighted by molar-refractivity contribution is 0.0587. The Morgan fingerprint density at radius 1 is 1.56 bits per heavy atom. The molecular formula is C12H16BrNO4. The maximum atomic E-state index is 11.7. The lowest BCUT2D eigenvalue weighted by atomic mass is 10.2. The molecule has 0 heterocycles. The standard InChI is InChI=1S/C12H16BrNO4/c1-18-7-9(15)4-5-14-12(17)8-2-3-10(13)11(16)6-8/h2-3,6,9,15-16H,4-5,7H2,1H3,(H,14,17). The Labute approximate surface area is 114 Å². The second-order valence-electron chi connectivity index (χ2n) is 3.82. The fourth-order valence-electron chi connectivity index (χ4n) is 1.38. The van der Waals surface area contributed by atoms with Crippen LogP contribution in [0.4, 0.5) is 0 Å². The molecule has 1 rings (SSSR count). The number of benzene rings is 1. The minimum Gasteiger partial charge on any atom is -0.507 e. The molecule has 0 aliphatic carbocycles. The maximum absolute atomic E-state index is 11.7. The third kappa shape index (κ3) is 4.64. The molecule has 0 aromatic heterocycles. The number of halogens is 1. The highest BCUT2D eigenvalue weighted by Crippen LogP contribution is 2.24. The van der Waals surface area contributed by atoms with Crippen molar-refractivity contribution < 1.29 is 19.7 Å². The van der Waals surface area contributed by atoms with E-state index in [1.807, 2.05) is 0 Å². The van der Waals surface area contributed by atoms with Crippen LogP contribution in [0.15, 0.2) is 22.7 Å². The summed E-state index contributed by atoms with van der Waals surface area (Å²) in [5, 5.41) is 21.5. The van der Waals surface area contributed by atoms with Crippen LogP contribution in [0, 0.1) is 0 Å². The Kier molecular flexibility index (Phi) is 6.11. The number of amides is 1. The number of rotatable bonds is 6. The van der Waals surface area contributed by atoms with Crippen molar-refractivity contribution in [1.82, 2.24) is 5.32 Å². The van der Waals surface area contributed by atoms with Crippen LogP contribution >= 0.6 is 15.9 Å². The van der Waals surface area contributed by atoms with Crippen molar-refractivity contribution in [2.24, 2.45) is 0 Å². The highest BCUT2D eigenvalue weighted by molar-refractivity contribution is 9.10. The minimum atomic E-state index is -0.589. The van der Waals surface area contributed by atoms with Crippen LogP contribution in [-0.4, -0.2) is 42.5 Å². The molecule has 0 radical (unpaired) electrons. The number of phenolic OH excluding ortho intramolecular Hbond substituents is 1. The monoisotopic (exact) mass is 317 g/mol. The number of aliphatic hydroxyl groups is 1. The van der Waals surface area contributed by atoms with Gasteiger partial charge in [0.15, 0.2) is 0 Å². The molecule has 0 bridgehead atoms. The molecule has 0 aliphatic heterocycles. The zero-order valence-corrected chi connectivity index (χ0v) is 11.6. The number of nitrogens with one attached hydrogen (secondary N) is 1. The molecule has 0 aliphatic rings. The van der Waals surface area contributed by atoms with Crippen LogP contribution in [0.1, 0.15) is 16.8 Å². The van der Waals surface area contributed by atoms with Crippen LogP contribution in [0.3, 0.4) is 0 Å². The van der Waals surface area contributed by atoms with Crippen molar-refractivity contribution in [2.45, 2.75) is 12.5 Å². The summed E-state index contributed by atoms with van der Waals surface area (Å²) in [7, 11) is 1.51. The predicted octanol–water partition coefficient (Wildman–Crippen LogP) is 1.28. The summed E-state index contributed by atoms with van der Waals surface area (Å²) >= 11 is 3.14. The summed E-state index contributed by atoms with van der Waals surface area (Å²) in [5.74, 6) is -0.274. The fourth-order valence-corrected chi connectivity index (χ4v) is 1.63. The summed E-state index contributed by atoms with van der Waals surface area (Å²) in [5.41, 5.74) is 0.372. The molecule has 100 valence electrons. The summed E-state index contributed by atoms with van der Waals surface area (Å²) in [6, 6.07) is 4.58. The van der Waals surface area contributed by atoms with Gasteiger partial charge in [-0.15, -0.1) is 0 Å². The van der Waals surface area contributed by atoms with E-state index in [-0.39, 0.29) is 18.3 Å². The topological polar surface area (TPSA) is 78.8 Å². The number of hydrogen-bond donors (Lipinski definition) is 3. The van der Waals surface area contributed by atoms with Gasteiger partial charge in [0.05, 0.1) is 17.2 Å². The Morgan fingerprint density at radius 3 is 2.89 bits per heavy atom. The second kappa shape index (κ2) is 7.35. The molecule has 5 nitrogen and oxygen atoms in total. The summed E-state index contributed by atoms with van der Waals surface area (Å²) in [6.07, 6.45) is -0.170. The summed E-state index contributed by atoms with van der Waals surface area (Å²) in [4.78, 5) is 11.7. The summed E-state index contributed by atoms with van der Waals surface area (Å²) < 4.78 is 5.31.